The molecule has 0 atom stereocenters. The van der Waals surface area contributed by atoms with E-state index in [1.807, 2.05) is 24.3 Å². The number of carbonyl (C=O) groups is 1. The molecule has 8 heteroatoms. The predicted octanol–water partition coefficient (Wildman–Crippen LogP) is 3.32. The van der Waals surface area contributed by atoms with Gasteiger partial charge in [0.1, 0.15) is 18.0 Å². The van der Waals surface area contributed by atoms with Crippen LogP contribution in [0.25, 0.3) is 11.4 Å². The lowest BCUT2D eigenvalue weighted by atomic mass is 10.2. The molecule has 0 saturated carbocycles. The number of hydrogen-bond acceptors (Lipinski definition) is 6. The summed E-state index contributed by atoms with van der Waals surface area (Å²) in [4.78, 5) is 18.2. The maximum atomic E-state index is 12.3. The lowest BCUT2D eigenvalue weighted by Crippen LogP contribution is -2.38. The number of ether oxygens (including phenoxy) is 2. The van der Waals surface area contributed by atoms with Gasteiger partial charge in [0.05, 0.1) is 12.8 Å². The van der Waals surface area contributed by atoms with Gasteiger partial charge in [-0.2, -0.15) is 4.98 Å². The summed E-state index contributed by atoms with van der Waals surface area (Å²) in [6.07, 6.45) is 0. The summed E-state index contributed by atoms with van der Waals surface area (Å²) >= 11 is 6.05. The number of carbonyl (C=O) groups excluding carboxylic acids is 1. The third kappa shape index (κ3) is 3.09. The summed E-state index contributed by atoms with van der Waals surface area (Å²) in [5.74, 6) is 1.80. The molecule has 3 aromatic rings. The minimum absolute atomic E-state index is 0.0501. The summed E-state index contributed by atoms with van der Waals surface area (Å²) in [5, 5.41) is 4.50. The Morgan fingerprint density at radius 2 is 2.15 bits per heavy atom. The van der Waals surface area contributed by atoms with Gasteiger partial charge in [-0.05, 0) is 30.3 Å². The average molecular weight is 372 g/mol. The van der Waals surface area contributed by atoms with Crippen LogP contribution in [0.3, 0.4) is 0 Å². The Labute approximate surface area is 154 Å². The van der Waals surface area contributed by atoms with Crippen LogP contribution in [-0.4, -0.2) is 29.8 Å². The molecule has 26 heavy (non-hydrogen) atoms. The van der Waals surface area contributed by atoms with Crippen LogP contribution in [0.2, 0.25) is 5.02 Å². The van der Waals surface area contributed by atoms with Crippen LogP contribution in [0.4, 0.5) is 5.69 Å². The smallest absolute Gasteiger partial charge is 0.265 e. The van der Waals surface area contributed by atoms with Crippen LogP contribution in [0, 0.1) is 0 Å². The van der Waals surface area contributed by atoms with Crippen LogP contribution in [0.5, 0.6) is 11.5 Å². The summed E-state index contributed by atoms with van der Waals surface area (Å²) in [6, 6.07) is 12.4. The molecule has 1 aliphatic heterocycles. The van der Waals surface area contributed by atoms with E-state index in [0.717, 1.165) is 5.56 Å². The minimum atomic E-state index is -0.208. The Bertz CT molecular complexity index is 973. The van der Waals surface area contributed by atoms with Crippen molar-refractivity contribution in [1.29, 1.82) is 0 Å². The molecule has 0 radical (unpaired) electrons. The van der Waals surface area contributed by atoms with E-state index in [0.29, 0.717) is 33.9 Å². The molecule has 0 saturated heterocycles. The molecule has 2 aromatic carbocycles. The second-order valence-corrected chi connectivity index (χ2v) is 6.06. The van der Waals surface area contributed by atoms with Crippen LogP contribution in [-0.2, 0) is 11.3 Å². The molecule has 1 aromatic heterocycles. The van der Waals surface area contributed by atoms with Crippen molar-refractivity contribution in [3.8, 4) is 22.9 Å². The topological polar surface area (TPSA) is 77.7 Å². The highest BCUT2D eigenvalue weighted by atomic mass is 35.5. The molecule has 0 bridgehead atoms. The molecule has 0 spiro atoms. The zero-order valence-corrected chi connectivity index (χ0v) is 14.6. The van der Waals surface area contributed by atoms with Gasteiger partial charge in [0.25, 0.3) is 5.91 Å². The first kappa shape index (κ1) is 16.4. The Hall–Kier alpha value is -3.06. The molecule has 7 nitrogen and oxygen atoms in total. The SMILES string of the molecule is COc1cccc(-c2noc(CN3C(=O)COc4ccc(Cl)cc43)n2)c1. The van der Waals surface area contributed by atoms with Crippen molar-refractivity contribution >= 4 is 23.2 Å². The molecule has 4 rings (SSSR count). The Morgan fingerprint density at radius 1 is 1.27 bits per heavy atom. The summed E-state index contributed by atoms with van der Waals surface area (Å²) in [5.41, 5.74) is 1.34. The Kier molecular flexibility index (Phi) is 4.22. The number of aromatic nitrogens is 2. The van der Waals surface area contributed by atoms with E-state index in [1.165, 1.54) is 4.90 Å². The van der Waals surface area contributed by atoms with Crippen molar-refractivity contribution in [2.24, 2.45) is 0 Å². The highest BCUT2D eigenvalue weighted by Gasteiger charge is 2.27. The van der Waals surface area contributed by atoms with Crippen molar-refractivity contribution in [2.75, 3.05) is 18.6 Å². The zero-order valence-electron chi connectivity index (χ0n) is 13.8. The molecular weight excluding hydrogens is 358 g/mol. The number of anilines is 1. The van der Waals surface area contributed by atoms with Gasteiger partial charge in [0, 0.05) is 10.6 Å². The lowest BCUT2D eigenvalue weighted by molar-refractivity contribution is -0.121. The van der Waals surface area contributed by atoms with Gasteiger partial charge >= 0.3 is 0 Å². The monoisotopic (exact) mass is 371 g/mol. The number of hydrogen-bond donors (Lipinski definition) is 0. The van der Waals surface area contributed by atoms with Gasteiger partial charge in [0.2, 0.25) is 11.7 Å². The number of benzene rings is 2. The van der Waals surface area contributed by atoms with E-state index in [-0.39, 0.29) is 19.1 Å². The van der Waals surface area contributed by atoms with Crippen LogP contribution in [0.1, 0.15) is 5.89 Å². The maximum absolute atomic E-state index is 12.3. The fourth-order valence-electron chi connectivity index (χ4n) is 2.68. The van der Waals surface area contributed by atoms with Crippen LogP contribution < -0.4 is 14.4 Å². The molecule has 0 N–H and O–H groups in total. The number of nitrogens with zero attached hydrogens (tertiary/aromatic N) is 3. The molecule has 1 amide bonds. The standard InChI is InChI=1S/C18H14ClN3O4/c1-24-13-4-2-3-11(7-13)18-20-16(26-21-18)9-22-14-8-12(19)5-6-15(14)25-10-17(22)23/h2-8H,9-10H2,1H3. The highest BCUT2D eigenvalue weighted by molar-refractivity contribution is 6.31. The number of rotatable bonds is 4. The number of amides is 1. The van der Waals surface area contributed by atoms with Crippen molar-refractivity contribution in [1.82, 2.24) is 10.1 Å². The zero-order chi connectivity index (χ0) is 18.1. The van der Waals surface area contributed by atoms with E-state index in [1.54, 1.807) is 25.3 Å². The fourth-order valence-corrected chi connectivity index (χ4v) is 2.85. The lowest BCUT2D eigenvalue weighted by Gasteiger charge is -2.28. The van der Waals surface area contributed by atoms with Gasteiger partial charge in [-0.15, -0.1) is 0 Å². The van der Waals surface area contributed by atoms with Gasteiger partial charge in [-0.25, -0.2) is 0 Å². The Balaban J connectivity index is 1.61. The normalized spacial score (nSPS) is 13.3. The van der Waals surface area contributed by atoms with Crippen LogP contribution in [0.15, 0.2) is 47.0 Å². The van der Waals surface area contributed by atoms with Crippen molar-refractivity contribution in [3.63, 3.8) is 0 Å². The van der Waals surface area contributed by atoms with Gasteiger partial charge in [0.15, 0.2) is 6.61 Å². The molecule has 1 aliphatic rings. The van der Waals surface area contributed by atoms with Crippen LogP contribution >= 0.6 is 11.6 Å². The number of methoxy groups -OCH3 is 1. The first-order chi connectivity index (χ1) is 12.6. The summed E-state index contributed by atoms with van der Waals surface area (Å²) < 4.78 is 16.0. The third-order valence-corrected chi connectivity index (χ3v) is 4.19. The van der Waals surface area contributed by atoms with Crippen molar-refractivity contribution in [3.05, 3.63) is 53.4 Å². The van der Waals surface area contributed by atoms with Gasteiger partial charge < -0.3 is 14.0 Å². The summed E-state index contributed by atoms with van der Waals surface area (Å²) in [7, 11) is 1.59. The molecule has 2 heterocycles. The summed E-state index contributed by atoms with van der Waals surface area (Å²) in [6.45, 7) is 0.0814. The van der Waals surface area contributed by atoms with Gasteiger partial charge in [-0.1, -0.05) is 28.9 Å². The number of halogens is 1. The number of fused-ring (bicyclic) bond motifs is 1. The minimum Gasteiger partial charge on any atom is -0.497 e. The molecule has 0 fully saturated rings. The first-order valence-electron chi connectivity index (χ1n) is 7.84. The fraction of sp³-hybridized carbons (Fsp3) is 0.167. The quantitative estimate of drug-likeness (QED) is 0.700. The molecular formula is C18H14ClN3O4. The predicted molar refractivity (Wildman–Crippen MR) is 94.4 cm³/mol. The van der Waals surface area contributed by atoms with Crippen molar-refractivity contribution < 1.29 is 18.8 Å². The van der Waals surface area contributed by atoms with E-state index in [9.17, 15) is 4.79 Å². The third-order valence-electron chi connectivity index (χ3n) is 3.95. The molecule has 0 aliphatic carbocycles. The van der Waals surface area contributed by atoms with Gasteiger partial charge in [-0.3, -0.25) is 9.69 Å². The Morgan fingerprint density at radius 3 is 3.00 bits per heavy atom. The van der Waals surface area contributed by atoms with E-state index < -0.39 is 0 Å². The average Bonchev–Trinajstić information content (AvgIpc) is 3.13. The second-order valence-electron chi connectivity index (χ2n) is 5.62. The van der Waals surface area contributed by atoms with E-state index in [4.69, 9.17) is 25.6 Å². The highest BCUT2D eigenvalue weighted by Crippen LogP contribution is 2.35. The molecule has 0 unspecified atom stereocenters. The molecule has 132 valence electrons. The van der Waals surface area contributed by atoms with Crippen molar-refractivity contribution in [2.45, 2.75) is 6.54 Å². The maximum Gasteiger partial charge on any atom is 0.265 e. The van der Waals surface area contributed by atoms with E-state index in [2.05, 4.69) is 10.1 Å². The second kappa shape index (κ2) is 6.68. The largest absolute Gasteiger partial charge is 0.497 e. The first-order valence-corrected chi connectivity index (χ1v) is 8.21. The van der Waals surface area contributed by atoms with E-state index >= 15 is 0 Å².